The van der Waals surface area contributed by atoms with Crippen LogP contribution in [0.25, 0.3) is 21.9 Å². The number of nitrogens with zero attached hydrogens (tertiary/aromatic N) is 6. The Hall–Kier alpha value is -3.62. The number of hydrogen-bond acceptors (Lipinski definition) is 15. The molecule has 3 heterocycles. The van der Waals surface area contributed by atoms with Gasteiger partial charge in [-0.1, -0.05) is 46.1 Å². The summed E-state index contributed by atoms with van der Waals surface area (Å²) in [6, 6.07) is 10.6. The fourth-order valence-electron chi connectivity index (χ4n) is 5.15. The van der Waals surface area contributed by atoms with Crippen molar-refractivity contribution in [1.29, 1.82) is 0 Å². The van der Waals surface area contributed by atoms with Crippen molar-refractivity contribution in [3.05, 3.63) is 42.7 Å². The highest BCUT2D eigenvalue weighted by atomic mass is 32.2. The van der Waals surface area contributed by atoms with E-state index in [1.165, 1.54) is 24.2 Å². The topological polar surface area (TPSA) is 209 Å². The Balaban J connectivity index is 0.971. The van der Waals surface area contributed by atoms with E-state index in [-0.39, 0.29) is 50.2 Å². The van der Waals surface area contributed by atoms with Crippen LogP contribution in [0, 0.1) is 0 Å². The number of thioether (sulfide) groups is 1. The van der Waals surface area contributed by atoms with Crippen LogP contribution >= 0.6 is 11.8 Å². The number of hydrogen-bond donors (Lipinski definition) is 4. The summed E-state index contributed by atoms with van der Waals surface area (Å²) in [7, 11) is -0.100. The molecule has 0 aliphatic carbocycles. The molecule has 1 saturated heterocycles. The van der Waals surface area contributed by atoms with Gasteiger partial charge in [0.25, 0.3) is 10.0 Å². The van der Waals surface area contributed by atoms with Crippen molar-refractivity contribution in [2.75, 3.05) is 63.5 Å². The number of nitrogens with two attached hydrogens (primary N) is 1. The fraction of sp³-hybridized carbons (Fsp3) is 0.467. The minimum atomic E-state index is -3.91. The van der Waals surface area contributed by atoms with E-state index in [1.54, 1.807) is 22.9 Å². The van der Waals surface area contributed by atoms with Gasteiger partial charge in [0.15, 0.2) is 22.1 Å². The van der Waals surface area contributed by atoms with Gasteiger partial charge in [-0.25, -0.2) is 23.4 Å². The summed E-state index contributed by atoms with van der Waals surface area (Å²) in [5.41, 5.74) is 7.89. The molecule has 0 unspecified atom stereocenters. The van der Waals surface area contributed by atoms with Crippen molar-refractivity contribution < 1.29 is 37.8 Å². The zero-order valence-corrected chi connectivity index (χ0v) is 28.3. The molecule has 1 fully saturated rings. The average molecular weight is 705 g/mol. The van der Waals surface area contributed by atoms with E-state index < -0.39 is 28.5 Å². The second kappa shape index (κ2) is 16.7. The molecule has 48 heavy (non-hydrogen) atoms. The number of unbranched alkanes of at least 4 members (excludes halogenated alkanes) is 1. The van der Waals surface area contributed by atoms with Gasteiger partial charge >= 0.3 is 0 Å². The summed E-state index contributed by atoms with van der Waals surface area (Å²) in [5, 5.41) is 25.7. The van der Waals surface area contributed by atoms with Gasteiger partial charge in [-0.05, 0) is 25.0 Å². The number of rotatable bonds is 18. The lowest BCUT2D eigenvalue weighted by Crippen LogP contribution is -2.26. The maximum atomic E-state index is 12.9. The molecule has 1 aliphatic rings. The summed E-state index contributed by atoms with van der Waals surface area (Å²) in [5.74, 6) is 0.949. The normalized spacial score (nSPS) is 18.4. The maximum absolute atomic E-state index is 12.9. The Morgan fingerprint density at radius 1 is 1.17 bits per heavy atom. The Bertz CT molecular complexity index is 1810. The molecule has 0 radical (unpaired) electrons. The van der Waals surface area contributed by atoms with E-state index >= 15 is 0 Å². The SMILES string of the molecule is CN(C)c1cccc2c(S(=O)(=O)NOCCOCCO/N=C/CCCSc3nc4c(N)ncnc4n3[C@H]3C[C@H](O)[C@@H](CO)O3)cccc12. The molecular formula is C30H40N8O8S2. The van der Waals surface area contributed by atoms with Crippen LogP contribution in [0.4, 0.5) is 11.5 Å². The number of benzene rings is 2. The number of aliphatic hydroxyl groups is 2. The number of oxime groups is 1. The number of sulfonamides is 1. The standard InChI is InChI=1S/C30H40N8O8S2/c1-37(2)22-9-5-8-21-20(22)7-6-10-25(21)48(41,42)36-45-15-13-43-12-14-44-34-11-3-4-16-47-30-35-27-28(31)32-19-33-29(27)38(30)26-17-23(40)24(18-39)46-26/h5-11,19,23-24,26,36,39-40H,3-4,12-18H2,1-2H3,(H2,31,32,33)/b34-11+/t23-,24+,26+/m0/s1. The average Bonchev–Trinajstić information content (AvgIpc) is 3.64. The van der Waals surface area contributed by atoms with E-state index in [9.17, 15) is 18.6 Å². The van der Waals surface area contributed by atoms with Crippen molar-refractivity contribution >= 4 is 61.4 Å². The first-order valence-corrected chi connectivity index (χ1v) is 17.8. The highest BCUT2D eigenvalue weighted by molar-refractivity contribution is 7.99. The van der Waals surface area contributed by atoms with Crippen molar-refractivity contribution in [2.45, 2.75) is 47.8 Å². The number of ether oxygens (including phenoxy) is 2. The highest BCUT2D eigenvalue weighted by Crippen LogP contribution is 2.36. The monoisotopic (exact) mass is 704 g/mol. The van der Waals surface area contributed by atoms with Gasteiger partial charge in [0.1, 0.15) is 25.3 Å². The van der Waals surface area contributed by atoms with Crippen LogP contribution in [0.2, 0.25) is 0 Å². The summed E-state index contributed by atoms with van der Waals surface area (Å²) in [4.78, 5) is 27.6. The van der Waals surface area contributed by atoms with Crippen molar-refractivity contribution in [3.8, 4) is 0 Å². The highest BCUT2D eigenvalue weighted by Gasteiger charge is 2.37. The fourth-order valence-corrected chi connectivity index (χ4v) is 7.20. The van der Waals surface area contributed by atoms with Crippen LogP contribution in [0.5, 0.6) is 0 Å². The third-order valence-electron chi connectivity index (χ3n) is 7.45. The summed E-state index contributed by atoms with van der Waals surface area (Å²) >= 11 is 1.49. The molecule has 3 atom stereocenters. The van der Waals surface area contributed by atoms with Gasteiger partial charge < -0.3 is 35.2 Å². The van der Waals surface area contributed by atoms with E-state index in [0.29, 0.717) is 33.9 Å². The van der Waals surface area contributed by atoms with Gasteiger partial charge in [0, 0.05) is 48.9 Å². The van der Waals surface area contributed by atoms with Gasteiger partial charge in [-0.15, -0.1) is 0 Å². The number of aliphatic hydroxyl groups excluding tert-OH is 2. The van der Waals surface area contributed by atoms with Crippen molar-refractivity contribution in [3.63, 3.8) is 0 Å². The molecule has 2 aromatic carbocycles. The zero-order valence-electron chi connectivity index (χ0n) is 26.6. The lowest BCUT2D eigenvalue weighted by Gasteiger charge is -2.17. The van der Waals surface area contributed by atoms with Crippen LogP contribution in [0.1, 0.15) is 25.5 Å². The zero-order chi connectivity index (χ0) is 34.1. The predicted octanol–water partition coefficient (Wildman–Crippen LogP) is 2.07. The number of aromatic nitrogens is 4. The summed E-state index contributed by atoms with van der Waals surface area (Å²) in [6.07, 6.45) is 2.71. The molecule has 1 aliphatic heterocycles. The van der Waals surface area contributed by atoms with Gasteiger partial charge in [-0.3, -0.25) is 9.40 Å². The largest absolute Gasteiger partial charge is 0.394 e. The molecule has 16 nitrogen and oxygen atoms in total. The molecule has 0 saturated carbocycles. The molecule has 5 N–H and O–H groups in total. The molecular weight excluding hydrogens is 665 g/mol. The number of fused-ring (bicyclic) bond motifs is 2. The number of anilines is 2. The Labute approximate surface area is 282 Å². The second-order valence-electron chi connectivity index (χ2n) is 11.0. The Morgan fingerprint density at radius 2 is 1.96 bits per heavy atom. The van der Waals surface area contributed by atoms with Gasteiger partial charge in [-0.2, -0.15) is 0 Å². The second-order valence-corrected chi connectivity index (χ2v) is 13.7. The molecule has 18 heteroatoms. The molecule has 0 amide bonds. The third-order valence-corrected chi connectivity index (χ3v) is 9.76. The quantitative estimate of drug-likeness (QED) is 0.0506. The van der Waals surface area contributed by atoms with Gasteiger partial charge in [0.2, 0.25) is 0 Å². The summed E-state index contributed by atoms with van der Waals surface area (Å²) in [6.45, 7) is 0.339. The number of nitrogens with one attached hydrogen (secondary N) is 1. The smallest absolute Gasteiger partial charge is 0.263 e. The van der Waals surface area contributed by atoms with E-state index in [1.807, 2.05) is 37.2 Å². The van der Waals surface area contributed by atoms with Crippen LogP contribution in [-0.4, -0.2) is 109 Å². The summed E-state index contributed by atoms with van der Waals surface area (Å²) < 4.78 is 38.9. The van der Waals surface area contributed by atoms with Crippen LogP contribution in [0.15, 0.2) is 57.9 Å². The molecule has 260 valence electrons. The van der Waals surface area contributed by atoms with Crippen LogP contribution in [0.3, 0.4) is 0 Å². The molecule has 0 bridgehead atoms. The first-order valence-electron chi connectivity index (χ1n) is 15.3. The molecule has 0 spiro atoms. The minimum absolute atomic E-state index is 0.0102. The van der Waals surface area contributed by atoms with Gasteiger partial charge in [0.05, 0.1) is 37.4 Å². The number of imidazole rings is 1. The molecule has 4 aromatic rings. The van der Waals surface area contributed by atoms with Crippen LogP contribution < -0.4 is 15.5 Å². The van der Waals surface area contributed by atoms with E-state index in [4.69, 9.17) is 24.9 Å². The Morgan fingerprint density at radius 3 is 2.75 bits per heavy atom. The van der Waals surface area contributed by atoms with Crippen molar-refractivity contribution in [2.24, 2.45) is 5.16 Å². The van der Waals surface area contributed by atoms with E-state index in [0.717, 1.165) is 17.5 Å². The third kappa shape index (κ3) is 8.50. The maximum Gasteiger partial charge on any atom is 0.263 e. The van der Waals surface area contributed by atoms with Crippen LogP contribution in [-0.2, 0) is 29.2 Å². The lowest BCUT2D eigenvalue weighted by molar-refractivity contribution is -0.0457. The molecule has 2 aromatic heterocycles. The minimum Gasteiger partial charge on any atom is -0.394 e. The lowest BCUT2D eigenvalue weighted by atomic mass is 10.1. The predicted molar refractivity (Wildman–Crippen MR) is 181 cm³/mol. The Kier molecular flexibility index (Phi) is 12.4. The number of nitrogen functional groups attached to an aromatic ring is 1. The first-order chi connectivity index (χ1) is 23.2. The van der Waals surface area contributed by atoms with E-state index in [2.05, 4.69) is 25.0 Å². The van der Waals surface area contributed by atoms with Crippen molar-refractivity contribution in [1.82, 2.24) is 24.4 Å². The molecule has 5 rings (SSSR count). The first kappa shape index (κ1) is 35.7.